The van der Waals surface area contributed by atoms with Crippen LogP contribution in [0, 0.1) is 0 Å². The van der Waals surface area contributed by atoms with Gasteiger partial charge in [0.1, 0.15) is 16.9 Å². The molecule has 0 aliphatic carbocycles. The van der Waals surface area contributed by atoms with E-state index in [2.05, 4.69) is 14.8 Å². The van der Waals surface area contributed by atoms with Crippen molar-refractivity contribution in [2.45, 2.75) is 4.90 Å². The number of carbonyl (C=O) groups is 2. The van der Waals surface area contributed by atoms with Crippen molar-refractivity contribution in [3.8, 4) is 0 Å². The Balaban J connectivity index is 1.38. The van der Waals surface area contributed by atoms with Crippen LogP contribution in [-0.4, -0.2) is 68.4 Å². The second-order valence-electron chi connectivity index (χ2n) is 7.50. The molecule has 1 fully saturated rings. The van der Waals surface area contributed by atoms with E-state index in [-0.39, 0.29) is 17.5 Å². The first kappa shape index (κ1) is 23.6. The molecule has 1 aromatic heterocycles. The summed E-state index contributed by atoms with van der Waals surface area (Å²) >= 11 is 3.24. The molecular formula is C23H22N6O3S2. The first-order valence-electron chi connectivity index (χ1n) is 10.5. The lowest BCUT2D eigenvalue weighted by Crippen LogP contribution is -2.52. The summed E-state index contributed by atoms with van der Waals surface area (Å²) in [6.45, 7) is 1.50. The summed E-state index contributed by atoms with van der Waals surface area (Å²) in [4.78, 5) is 33.4. The van der Waals surface area contributed by atoms with Crippen molar-refractivity contribution in [3.63, 3.8) is 0 Å². The molecule has 0 radical (unpaired) electrons. The molecule has 1 saturated heterocycles. The maximum absolute atomic E-state index is 12.9. The van der Waals surface area contributed by atoms with Crippen LogP contribution < -0.4 is 10.6 Å². The maximum Gasteiger partial charge on any atom is 0.275 e. The van der Waals surface area contributed by atoms with Gasteiger partial charge in [0.25, 0.3) is 11.8 Å². The quantitative estimate of drug-likeness (QED) is 0.176. The Morgan fingerprint density at radius 2 is 1.74 bits per heavy atom. The number of nitrogens with two attached hydrogens (primary N) is 1. The largest absolute Gasteiger partial charge is 0.588 e. The molecule has 34 heavy (non-hydrogen) atoms. The van der Waals surface area contributed by atoms with Crippen LogP contribution in [0.15, 0.2) is 70.8 Å². The van der Waals surface area contributed by atoms with Crippen LogP contribution in [0.1, 0.15) is 10.4 Å². The number of piperazine rings is 1. The standard InChI is InChI=1S/C23H22N6O3S2/c24-26-19(15-33)23(31)29-13-11-28(12-14-29)22(30)17-6-8-18(9-7-17)27-34(32)20-5-1-3-16-4-2-10-25-21(16)20/h1-10,15,27H,11-14,24H2. The fourth-order valence-corrected chi connectivity index (χ4v) is 4.83. The minimum absolute atomic E-state index is 0.0227. The number of nitrogens with zero attached hydrogens (tertiary/aromatic N) is 4. The average molecular weight is 495 g/mol. The summed E-state index contributed by atoms with van der Waals surface area (Å²) in [5, 5.41) is 5.46. The highest BCUT2D eigenvalue weighted by Gasteiger charge is 2.26. The van der Waals surface area contributed by atoms with E-state index < -0.39 is 11.4 Å². The maximum atomic E-state index is 12.9. The molecule has 11 heteroatoms. The Morgan fingerprint density at radius 3 is 2.41 bits per heavy atom. The second kappa shape index (κ2) is 10.6. The van der Waals surface area contributed by atoms with Gasteiger partial charge in [-0.15, -0.1) is 0 Å². The Kier molecular flexibility index (Phi) is 7.36. The van der Waals surface area contributed by atoms with Gasteiger partial charge in [0.05, 0.1) is 5.69 Å². The number of rotatable bonds is 6. The lowest BCUT2D eigenvalue weighted by atomic mass is 10.1. The normalized spacial score (nSPS) is 15.1. The molecular weight excluding hydrogens is 472 g/mol. The first-order valence-corrected chi connectivity index (χ1v) is 12.1. The molecule has 1 atom stereocenters. The number of fused-ring (bicyclic) bond motifs is 1. The van der Waals surface area contributed by atoms with Crippen LogP contribution in [-0.2, 0) is 16.2 Å². The minimum Gasteiger partial charge on any atom is -0.588 e. The van der Waals surface area contributed by atoms with Crippen LogP contribution in [0.2, 0.25) is 0 Å². The lowest BCUT2D eigenvalue weighted by molar-refractivity contribution is -0.125. The van der Waals surface area contributed by atoms with Crippen LogP contribution in [0.4, 0.5) is 5.69 Å². The van der Waals surface area contributed by atoms with Gasteiger partial charge in [-0.3, -0.25) is 14.6 Å². The number of hydrazone groups is 1. The number of benzene rings is 2. The lowest BCUT2D eigenvalue weighted by Gasteiger charge is -2.34. The Hall–Kier alpha value is -3.54. The highest BCUT2D eigenvalue weighted by molar-refractivity contribution is 7.93. The van der Waals surface area contributed by atoms with Gasteiger partial charge in [0.15, 0.2) is 5.71 Å². The summed E-state index contributed by atoms with van der Waals surface area (Å²) in [5.74, 6) is 4.72. The minimum atomic E-state index is -1.52. The smallest absolute Gasteiger partial charge is 0.275 e. The van der Waals surface area contributed by atoms with Gasteiger partial charge >= 0.3 is 0 Å². The van der Waals surface area contributed by atoms with Gasteiger partial charge in [-0.25, -0.2) is 4.72 Å². The average Bonchev–Trinajstić information content (AvgIpc) is 2.89. The molecule has 2 amide bonds. The van der Waals surface area contributed by atoms with E-state index in [0.717, 1.165) is 10.8 Å². The third kappa shape index (κ3) is 5.01. The number of hydrogen-bond donors (Lipinski definition) is 2. The van der Waals surface area contributed by atoms with E-state index in [4.69, 9.17) is 18.1 Å². The molecule has 3 aromatic rings. The van der Waals surface area contributed by atoms with E-state index in [1.807, 2.05) is 24.3 Å². The monoisotopic (exact) mass is 494 g/mol. The third-order valence-corrected chi connectivity index (χ3v) is 6.84. The highest BCUT2D eigenvalue weighted by Crippen LogP contribution is 2.23. The molecule has 1 aliphatic rings. The van der Waals surface area contributed by atoms with E-state index in [1.54, 1.807) is 46.3 Å². The number of anilines is 1. The molecule has 2 aromatic carbocycles. The van der Waals surface area contributed by atoms with Gasteiger partial charge in [0, 0.05) is 48.7 Å². The van der Waals surface area contributed by atoms with Crippen molar-refractivity contribution in [1.29, 1.82) is 0 Å². The fraction of sp³-hybridized carbons (Fsp3) is 0.174. The van der Waals surface area contributed by atoms with Crippen molar-refractivity contribution in [2.24, 2.45) is 10.9 Å². The van der Waals surface area contributed by atoms with Crippen LogP contribution in [0.25, 0.3) is 10.9 Å². The van der Waals surface area contributed by atoms with E-state index in [0.29, 0.717) is 47.8 Å². The third-order valence-electron chi connectivity index (χ3n) is 5.46. The molecule has 3 N–H and O–H groups in total. The number of amides is 2. The van der Waals surface area contributed by atoms with Crippen LogP contribution in [0.3, 0.4) is 0 Å². The number of aromatic nitrogens is 1. The van der Waals surface area contributed by atoms with E-state index >= 15 is 0 Å². The molecule has 0 saturated carbocycles. The second-order valence-corrected chi connectivity index (χ2v) is 8.91. The van der Waals surface area contributed by atoms with Crippen molar-refractivity contribution in [2.75, 3.05) is 30.9 Å². The molecule has 0 bridgehead atoms. The number of para-hydroxylation sites is 1. The van der Waals surface area contributed by atoms with Crippen LogP contribution in [0.5, 0.6) is 0 Å². The molecule has 0 spiro atoms. The SMILES string of the molecule is NN=C(C=S)C(=O)N1CCN(C(=O)c2ccc(N[S+]([O-])c3cccc4cccnc34)cc2)CC1. The fourth-order valence-electron chi connectivity index (χ4n) is 3.66. The molecule has 9 nitrogen and oxygen atoms in total. The summed E-state index contributed by atoms with van der Waals surface area (Å²) < 4.78 is 15.9. The summed E-state index contributed by atoms with van der Waals surface area (Å²) in [6.07, 6.45) is 1.67. The topological polar surface area (TPSA) is 127 Å². The zero-order chi connectivity index (χ0) is 24.1. The summed E-state index contributed by atoms with van der Waals surface area (Å²) in [6, 6.07) is 16.1. The Bertz CT molecular complexity index is 1240. The molecule has 2 heterocycles. The zero-order valence-electron chi connectivity index (χ0n) is 18.1. The predicted molar refractivity (Wildman–Crippen MR) is 136 cm³/mol. The molecule has 1 aliphatic heterocycles. The van der Waals surface area contributed by atoms with Crippen molar-refractivity contribution in [3.05, 3.63) is 66.4 Å². The van der Waals surface area contributed by atoms with Crippen molar-refractivity contribution < 1.29 is 14.1 Å². The molecule has 174 valence electrons. The highest BCUT2D eigenvalue weighted by atomic mass is 32.2. The predicted octanol–water partition coefficient (Wildman–Crippen LogP) is 1.97. The Morgan fingerprint density at radius 1 is 1.06 bits per heavy atom. The van der Waals surface area contributed by atoms with Gasteiger partial charge < -0.3 is 20.2 Å². The zero-order valence-corrected chi connectivity index (χ0v) is 19.7. The Labute approximate surface area is 204 Å². The van der Waals surface area contributed by atoms with Crippen molar-refractivity contribution >= 4 is 63.1 Å². The summed E-state index contributed by atoms with van der Waals surface area (Å²) in [5.41, 5.74) is 1.82. The molecule has 1 unspecified atom stereocenters. The first-order chi connectivity index (χ1) is 16.5. The van der Waals surface area contributed by atoms with Gasteiger partial charge in [-0.1, -0.05) is 30.4 Å². The van der Waals surface area contributed by atoms with Gasteiger partial charge in [0.2, 0.25) is 4.90 Å². The van der Waals surface area contributed by atoms with Gasteiger partial charge in [-0.05, 0) is 36.4 Å². The number of pyridine rings is 1. The van der Waals surface area contributed by atoms with E-state index in [1.165, 1.54) is 0 Å². The summed E-state index contributed by atoms with van der Waals surface area (Å²) in [7, 11) is 0. The number of thiocarbonyl (C=S) groups is 1. The number of hydrogen-bond acceptors (Lipinski definition) is 8. The van der Waals surface area contributed by atoms with Gasteiger partial charge in [-0.2, -0.15) is 5.10 Å². The number of carbonyl (C=O) groups excluding carboxylic acids is 2. The van der Waals surface area contributed by atoms with Crippen molar-refractivity contribution in [1.82, 2.24) is 14.8 Å². The number of nitrogens with one attached hydrogen (secondary N) is 1. The molecule has 4 rings (SSSR count). The van der Waals surface area contributed by atoms with E-state index in [9.17, 15) is 14.1 Å². The van der Waals surface area contributed by atoms with Crippen LogP contribution >= 0.6 is 12.2 Å².